The van der Waals surface area contributed by atoms with Crippen LogP contribution in [0.1, 0.15) is 36.1 Å². The van der Waals surface area contributed by atoms with Crippen LogP contribution in [0.2, 0.25) is 0 Å². The summed E-state index contributed by atoms with van der Waals surface area (Å²) in [5.74, 6) is -0.932. The summed E-state index contributed by atoms with van der Waals surface area (Å²) in [5, 5.41) is 14.1. The van der Waals surface area contributed by atoms with E-state index in [0.717, 1.165) is 24.8 Å². The molecule has 1 fully saturated rings. The number of piperidine rings is 1. The Kier molecular flexibility index (Phi) is 6.43. The largest absolute Gasteiger partial charge is 0.481 e. The normalized spacial score (nSPS) is 15.0. The van der Waals surface area contributed by atoms with Crippen LogP contribution in [-0.4, -0.2) is 46.7 Å². The molecule has 0 saturated carbocycles. The maximum absolute atomic E-state index is 13.4. The lowest BCUT2D eigenvalue weighted by Crippen LogP contribution is -2.36. The number of carboxylic acid groups (broad SMARTS) is 1. The first-order chi connectivity index (χ1) is 15.4. The molecule has 0 spiro atoms. The molecule has 1 aliphatic heterocycles. The van der Waals surface area contributed by atoms with E-state index in [1.807, 2.05) is 36.4 Å². The third kappa shape index (κ3) is 4.47. The molecule has 0 bridgehead atoms. The minimum atomic E-state index is -3.61. The second-order valence-corrected chi connectivity index (χ2v) is 9.99. The Balaban J connectivity index is 1.78. The van der Waals surface area contributed by atoms with E-state index < -0.39 is 16.0 Å². The number of sulfonamides is 1. The molecule has 2 heterocycles. The molecular weight excluding hydrogens is 426 g/mol. The van der Waals surface area contributed by atoms with Crippen molar-refractivity contribution in [3.05, 3.63) is 71.4 Å². The van der Waals surface area contributed by atoms with Crippen LogP contribution >= 0.6 is 0 Å². The Labute approximate surface area is 188 Å². The van der Waals surface area contributed by atoms with Gasteiger partial charge in [0.15, 0.2) is 0 Å². The first kappa shape index (κ1) is 22.2. The Hall–Kier alpha value is -2.97. The minimum Gasteiger partial charge on any atom is -0.481 e. The zero-order valence-electron chi connectivity index (χ0n) is 18.1. The van der Waals surface area contributed by atoms with Crippen LogP contribution in [0.5, 0.6) is 0 Å². The van der Waals surface area contributed by atoms with Crippen LogP contribution in [0.3, 0.4) is 0 Å². The van der Waals surface area contributed by atoms with Gasteiger partial charge in [-0.15, -0.1) is 0 Å². The minimum absolute atomic E-state index is 0.149. The third-order valence-electron chi connectivity index (χ3n) is 5.85. The molecule has 0 atom stereocenters. The smallest absolute Gasteiger partial charge is 0.307 e. The number of aliphatic carboxylic acids is 1. The van der Waals surface area contributed by atoms with Gasteiger partial charge in [0, 0.05) is 24.2 Å². The standard InChI is InChI=1S/C24H27N3O4S/c1-18-21(16-23(28)29)24(19-10-4-2-5-11-19)27(25-18)17-20-12-6-7-13-22(20)32(30,31)26-14-8-3-9-15-26/h2,4-7,10-13H,3,8-9,14-17H2,1H3,(H,28,29). The monoisotopic (exact) mass is 453 g/mol. The topological polar surface area (TPSA) is 92.5 Å². The molecule has 3 aromatic rings. The first-order valence-electron chi connectivity index (χ1n) is 10.8. The highest BCUT2D eigenvalue weighted by molar-refractivity contribution is 7.89. The summed E-state index contributed by atoms with van der Waals surface area (Å²) < 4.78 is 30.1. The number of carbonyl (C=O) groups is 1. The van der Waals surface area contributed by atoms with Gasteiger partial charge in [-0.05, 0) is 31.4 Å². The number of benzene rings is 2. The van der Waals surface area contributed by atoms with Crippen LogP contribution in [-0.2, 0) is 27.8 Å². The van der Waals surface area contributed by atoms with Gasteiger partial charge in [-0.3, -0.25) is 9.48 Å². The summed E-state index contributed by atoms with van der Waals surface area (Å²) in [7, 11) is -3.61. The van der Waals surface area contributed by atoms with Crippen LogP contribution < -0.4 is 0 Å². The molecule has 8 heteroatoms. The molecule has 0 unspecified atom stereocenters. The van der Waals surface area contributed by atoms with Crippen molar-refractivity contribution in [3.8, 4) is 11.3 Å². The number of hydrogen-bond acceptors (Lipinski definition) is 4. The molecule has 1 saturated heterocycles. The summed E-state index contributed by atoms with van der Waals surface area (Å²) in [6.45, 7) is 3.09. The molecular formula is C24H27N3O4S. The number of aryl methyl sites for hydroxylation is 1. The SMILES string of the molecule is Cc1nn(Cc2ccccc2S(=O)(=O)N2CCCCC2)c(-c2ccccc2)c1CC(=O)O. The quantitative estimate of drug-likeness (QED) is 0.589. The lowest BCUT2D eigenvalue weighted by Gasteiger charge is -2.27. The van der Waals surface area contributed by atoms with Gasteiger partial charge in [0.05, 0.1) is 29.2 Å². The van der Waals surface area contributed by atoms with Crippen molar-refractivity contribution in [3.63, 3.8) is 0 Å². The number of rotatable bonds is 7. The summed E-state index contributed by atoms with van der Waals surface area (Å²) in [6.07, 6.45) is 2.64. The van der Waals surface area contributed by atoms with Crippen LogP contribution in [0, 0.1) is 6.92 Å². The van der Waals surface area contributed by atoms with E-state index in [9.17, 15) is 18.3 Å². The molecule has 1 aromatic heterocycles. The van der Waals surface area contributed by atoms with Gasteiger partial charge < -0.3 is 5.11 Å². The van der Waals surface area contributed by atoms with Crippen molar-refractivity contribution < 1.29 is 18.3 Å². The van der Waals surface area contributed by atoms with Crippen LogP contribution in [0.15, 0.2) is 59.5 Å². The Morgan fingerprint density at radius 2 is 1.66 bits per heavy atom. The predicted molar refractivity (Wildman–Crippen MR) is 122 cm³/mol. The van der Waals surface area contributed by atoms with Gasteiger partial charge in [0.25, 0.3) is 0 Å². The maximum atomic E-state index is 13.4. The van der Waals surface area contributed by atoms with Crippen LogP contribution in [0.25, 0.3) is 11.3 Å². The van der Waals surface area contributed by atoms with E-state index >= 15 is 0 Å². The van der Waals surface area contributed by atoms with Crippen molar-refractivity contribution in [1.82, 2.24) is 14.1 Å². The molecule has 7 nitrogen and oxygen atoms in total. The zero-order valence-corrected chi connectivity index (χ0v) is 18.9. The number of nitrogens with zero attached hydrogens (tertiary/aromatic N) is 3. The molecule has 0 radical (unpaired) electrons. The molecule has 0 aliphatic carbocycles. The molecule has 2 aromatic carbocycles. The van der Waals surface area contributed by atoms with Gasteiger partial charge in [0.2, 0.25) is 10.0 Å². The Morgan fingerprint density at radius 1 is 1.00 bits per heavy atom. The van der Waals surface area contributed by atoms with Crippen LogP contribution in [0.4, 0.5) is 0 Å². The van der Waals surface area contributed by atoms with Crippen molar-refractivity contribution >= 4 is 16.0 Å². The van der Waals surface area contributed by atoms with E-state index in [1.54, 1.807) is 34.1 Å². The van der Waals surface area contributed by atoms with E-state index in [2.05, 4.69) is 5.10 Å². The fraction of sp³-hybridized carbons (Fsp3) is 0.333. The summed E-state index contributed by atoms with van der Waals surface area (Å²) in [6, 6.07) is 16.5. The average molecular weight is 454 g/mol. The fourth-order valence-electron chi connectivity index (χ4n) is 4.31. The third-order valence-corrected chi connectivity index (χ3v) is 7.85. The van der Waals surface area contributed by atoms with E-state index in [4.69, 9.17) is 0 Å². The summed E-state index contributed by atoms with van der Waals surface area (Å²) >= 11 is 0. The molecule has 168 valence electrons. The second kappa shape index (κ2) is 9.26. The number of hydrogen-bond donors (Lipinski definition) is 1. The Bertz CT molecular complexity index is 1210. The summed E-state index contributed by atoms with van der Waals surface area (Å²) in [4.78, 5) is 11.8. The highest BCUT2D eigenvalue weighted by Gasteiger charge is 2.28. The highest BCUT2D eigenvalue weighted by Crippen LogP contribution is 2.30. The molecule has 4 rings (SSSR count). The number of aromatic nitrogens is 2. The molecule has 1 N–H and O–H groups in total. The van der Waals surface area contributed by atoms with Gasteiger partial charge in [-0.1, -0.05) is 55.0 Å². The Morgan fingerprint density at radius 3 is 2.34 bits per heavy atom. The zero-order chi connectivity index (χ0) is 22.7. The lowest BCUT2D eigenvalue weighted by molar-refractivity contribution is -0.136. The fourth-order valence-corrected chi connectivity index (χ4v) is 6.04. The first-order valence-corrected chi connectivity index (χ1v) is 12.2. The average Bonchev–Trinajstić information content (AvgIpc) is 3.09. The molecule has 32 heavy (non-hydrogen) atoms. The van der Waals surface area contributed by atoms with Gasteiger partial charge in [0.1, 0.15) is 0 Å². The lowest BCUT2D eigenvalue weighted by atomic mass is 10.0. The van der Waals surface area contributed by atoms with Gasteiger partial charge >= 0.3 is 5.97 Å². The molecule has 1 aliphatic rings. The highest BCUT2D eigenvalue weighted by atomic mass is 32.2. The van der Waals surface area contributed by atoms with Crippen molar-refractivity contribution in [2.75, 3.05) is 13.1 Å². The van der Waals surface area contributed by atoms with Crippen molar-refractivity contribution in [1.29, 1.82) is 0 Å². The van der Waals surface area contributed by atoms with Crippen molar-refractivity contribution in [2.24, 2.45) is 0 Å². The van der Waals surface area contributed by atoms with Crippen molar-refractivity contribution in [2.45, 2.75) is 44.0 Å². The molecule has 0 amide bonds. The number of carboxylic acids is 1. The van der Waals surface area contributed by atoms with Gasteiger partial charge in [-0.2, -0.15) is 9.40 Å². The van der Waals surface area contributed by atoms with E-state index in [-0.39, 0.29) is 17.9 Å². The predicted octanol–water partition coefficient (Wildman–Crippen LogP) is 3.71. The van der Waals surface area contributed by atoms with E-state index in [1.165, 1.54) is 0 Å². The second-order valence-electron chi connectivity index (χ2n) is 8.08. The maximum Gasteiger partial charge on any atom is 0.307 e. The van der Waals surface area contributed by atoms with Gasteiger partial charge in [-0.25, -0.2) is 8.42 Å². The van der Waals surface area contributed by atoms with E-state index in [0.29, 0.717) is 35.6 Å². The summed E-state index contributed by atoms with van der Waals surface area (Å²) in [5.41, 5.74) is 3.46.